The maximum absolute atomic E-state index is 5.52. The van der Waals surface area contributed by atoms with E-state index in [9.17, 15) is 0 Å². The second kappa shape index (κ2) is 7.80. The van der Waals surface area contributed by atoms with Crippen LogP contribution in [0.25, 0.3) is 20.8 Å². The minimum absolute atomic E-state index is 0.667. The number of rotatable bonds is 7. The number of hydrogen-bond acceptors (Lipinski definition) is 7. The summed E-state index contributed by atoms with van der Waals surface area (Å²) in [6.07, 6.45) is 2.53. The van der Waals surface area contributed by atoms with Gasteiger partial charge in [0.1, 0.15) is 17.9 Å². The first-order chi connectivity index (χ1) is 12.8. The molecule has 0 saturated heterocycles. The number of benzene rings is 1. The van der Waals surface area contributed by atoms with Gasteiger partial charge in [0.05, 0.1) is 32.9 Å². The lowest BCUT2D eigenvalue weighted by Gasteiger charge is -2.06. The fraction of sp³-hybridized carbons (Fsp3) is 0.211. The minimum Gasteiger partial charge on any atom is -0.493 e. The summed E-state index contributed by atoms with van der Waals surface area (Å²) < 4.78 is 6.76. The van der Waals surface area contributed by atoms with Gasteiger partial charge in [0.2, 0.25) is 0 Å². The highest BCUT2D eigenvalue weighted by molar-refractivity contribution is 7.16. The molecule has 3 heterocycles. The summed E-state index contributed by atoms with van der Waals surface area (Å²) >= 11 is 3.30. The summed E-state index contributed by atoms with van der Waals surface area (Å²) in [4.78, 5) is 14.1. The summed E-state index contributed by atoms with van der Waals surface area (Å²) in [6.45, 7) is 3.46. The zero-order valence-electron chi connectivity index (χ0n) is 14.3. The molecule has 0 bridgehead atoms. The summed E-state index contributed by atoms with van der Waals surface area (Å²) in [5.41, 5.74) is 5.15. The number of fused-ring (bicyclic) bond motifs is 1. The smallest absolute Gasteiger partial charge is 0.130 e. The van der Waals surface area contributed by atoms with E-state index < -0.39 is 0 Å². The number of nitrogens with one attached hydrogen (secondary N) is 1. The third-order valence-corrected chi connectivity index (χ3v) is 5.64. The van der Waals surface area contributed by atoms with Gasteiger partial charge in [-0.1, -0.05) is 6.07 Å². The summed E-state index contributed by atoms with van der Waals surface area (Å²) in [5, 5.41) is 5.39. The second-order valence-corrected chi connectivity index (χ2v) is 7.50. The van der Waals surface area contributed by atoms with E-state index in [1.165, 1.54) is 10.3 Å². The standard InChI is InChI=1S/C19H18N4OS2/c1-2-24-14-8-18(25-10-14)16-9-19(22-11-21-16)20-6-5-13-3-4-15-17(7-13)26-12-23-15/h3-4,7-12H,2,5-6H2,1H3,(H,20,21,22). The number of anilines is 1. The molecule has 26 heavy (non-hydrogen) atoms. The molecule has 3 aromatic heterocycles. The first kappa shape index (κ1) is 16.9. The number of thiophene rings is 1. The Morgan fingerprint density at radius 2 is 2.04 bits per heavy atom. The van der Waals surface area contributed by atoms with E-state index in [4.69, 9.17) is 4.74 Å². The molecule has 1 aromatic carbocycles. The van der Waals surface area contributed by atoms with Crippen molar-refractivity contribution >= 4 is 38.7 Å². The van der Waals surface area contributed by atoms with E-state index in [-0.39, 0.29) is 0 Å². The average Bonchev–Trinajstić information content (AvgIpc) is 3.31. The Kier molecular flexibility index (Phi) is 5.08. The van der Waals surface area contributed by atoms with Crippen molar-refractivity contribution in [3.05, 3.63) is 53.1 Å². The predicted molar refractivity (Wildman–Crippen MR) is 108 cm³/mol. The van der Waals surface area contributed by atoms with Crippen LogP contribution in [0.2, 0.25) is 0 Å². The molecule has 132 valence electrons. The maximum atomic E-state index is 5.52. The van der Waals surface area contributed by atoms with Crippen LogP contribution in [0.3, 0.4) is 0 Å². The monoisotopic (exact) mass is 382 g/mol. The molecular weight excluding hydrogens is 364 g/mol. The van der Waals surface area contributed by atoms with E-state index in [0.717, 1.165) is 40.6 Å². The van der Waals surface area contributed by atoms with Crippen molar-refractivity contribution in [3.63, 3.8) is 0 Å². The van der Waals surface area contributed by atoms with E-state index in [1.54, 1.807) is 29.0 Å². The Hall–Kier alpha value is -2.51. The molecule has 0 spiro atoms. The Bertz CT molecular complexity index is 1010. The Labute approximate surface area is 159 Å². The van der Waals surface area contributed by atoms with E-state index in [1.807, 2.05) is 29.9 Å². The first-order valence-electron chi connectivity index (χ1n) is 8.41. The zero-order chi connectivity index (χ0) is 17.8. The Morgan fingerprint density at radius 3 is 2.96 bits per heavy atom. The Balaban J connectivity index is 1.40. The molecule has 0 atom stereocenters. The summed E-state index contributed by atoms with van der Waals surface area (Å²) in [5.74, 6) is 1.72. The van der Waals surface area contributed by atoms with Gasteiger partial charge < -0.3 is 10.1 Å². The Morgan fingerprint density at radius 1 is 1.08 bits per heavy atom. The van der Waals surface area contributed by atoms with Crippen LogP contribution < -0.4 is 10.1 Å². The van der Waals surface area contributed by atoms with Crippen LogP contribution in [0.4, 0.5) is 5.82 Å². The van der Waals surface area contributed by atoms with Crippen molar-refractivity contribution in [2.75, 3.05) is 18.5 Å². The van der Waals surface area contributed by atoms with Gasteiger partial charge in [-0.25, -0.2) is 15.0 Å². The minimum atomic E-state index is 0.667. The van der Waals surface area contributed by atoms with Crippen LogP contribution in [0.15, 0.2) is 47.5 Å². The number of ether oxygens (including phenoxy) is 1. The highest BCUT2D eigenvalue weighted by Gasteiger charge is 2.06. The third-order valence-electron chi connectivity index (χ3n) is 3.92. The van der Waals surface area contributed by atoms with E-state index in [2.05, 4.69) is 38.5 Å². The highest BCUT2D eigenvalue weighted by atomic mass is 32.1. The van der Waals surface area contributed by atoms with Crippen LogP contribution in [-0.2, 0) is 6.42 Å². The SMILES string of the molecule is CCOc1csc(-c2cc(NCCc3ccc4ncsc4c3)ncn2)c1. The van der Waals surface area contributed by atoms with Gasteiger partial charge in [0, 0.05) is 24.1 Å². The summed E-state index contributed by atoms with van der Waals surface area (Å²) in [6, 6.07) is 10.4. The molecule has 0 aliphatic rings. The number of thiazole rings is 1. The van der Waals surface area contributed by atoms with Gasteiger partial charge in [0.25, 0.3) is 0 Å². The lowest BCUT2D eigenvalue weighted by atomic mass is 10.1. The maximum Gasteiger partial charge on any atom is 0.130 e. The van der Waals surface area contributed by atoms with Crippen molar-refractivity contribution < 1.29 is 4.74 Å². The average molecular weight is 383 g/mol. The molecule has 0 unspecified atom stereocenters. The number of nitrogens with zero attached hydrogens (tertiary/aromatic N) is 3. The van der Waals surface area contributed by atoms with Crippen molar-refractivity contribution in [1.82, 2.24) is 15.0 Å². The normalized spacial score (nSPS) is 11.0. The van der Waals surface area contributed by atoms with Gasteiger partial charge in [-0.05, 0) is 31.0 Å². The van der Waals surface area contributed by atoms with Crippen LogP contribution in [0, 0.1) is 0 Å². The van der Waals surface area contributed by atoms with Crippen LogP contribution >= 0.6 is 22.7 Å². The first-order valence-corrected chi connectivity index (χ1v) is 10.2. The van der Waals surface area contributed by atoms with Gasteiger partial charge in [0.15, 0.2) is 0 Å². The van der Waals surface area contributed by atoms with Crippen LogP contribution in [-0.4, -0.2) is 28.1 Å². The largest absolute Gasteiger partial charge is 0.493 e. The quantitative estimate of drug-likeness (QED) is 0.494. The molecule has 4 rings (SSSR count). The molecule has 5 nitrogen and oxygen atoms in total. The fourth-order valence-corrected chi connectivity index (χ4v) is 4.21. The molecule has 7 heteroatoms. The van der Waals surface area contributed by atoms with Crippen LogP contribution in [0.5, 0.6) is 5.75 Å². The fourth-order valence-electron chi connectivity index (χ4n) is 2.67. The second-order valence-electron chi connectivity index (χ2n) is 5.70. The van der Waals surface area contributed by atoms with Crippen molar-refractivity contribution in [2.24, 2.45) is 0 Å². The molecule has 0 saturated carbocycles. The molecular formula is C19H18N4OS2. The molecule has 0 radical (unpaired) electrons. The predicted octanol–water partition coefficient (Wildman–Crippen LogP) is 4.87. The molecule has 0 aliphatic carbocycles. The number of hydrogen-bond donors (Lipinski definition) is 1. The summed E-state index contributed by atoms with van der Waals surface area (Å²) in [7, 11) is 0. The van der Waals surface area contributed by atoms with Crippen LogP contribution in [0.1, 0.15) is 12.5 Å². The van der Waals surface area contributed by atoms with Gasteiger partial charge in [-0.2, -0.15) is 0 Å². The zero-order valence-corrected chi connectivity index (χ0v) is 15.9. The van der Waals surface area contributed by atoms with E-state index in [0.29, 0.717) is 6.61 Å². The van der Waals surface area contributed by atoms with Crippen molar-refractivity contribution in [3.8, 4) is 16.3 Å². The topological polar surface area (TPSA) is 59.9 Å². The van der Waals surface area contributed by atoms with Crippen molar-refractivity contribution in [2.45, 2.75) is 13.3 Å². The van der Waals surface area contributed by atoms with Crippen molar-refractivity contribution in [1.29, 1.82) is 0 Å². The molecule has 0 amide bonds. The number of aromatic nitrogens is 3. The molecule has 4 aromatic rings. The molecule has 0 aliphatic heterocycles. The third kappa shape index (κ3) is 3.84. The van der Waals surface area contributed by atoms with Gasteiger partial charge >= 0.3 is 0 Å². The molecule has 0 fully saturated rings. The lowest BCUT2D eigenvalue weighted by molar-refractivity contribution is 0.342. The molecule has 1 N–H and O–H groups in total. The van der Waals surface area contributed by atoms with Gasteiger partial charge in [-0.3, -0.25) is 0 Å². The highest BCUT2D eigenvalue weighted by Crippen LogP contribution is 2.30. The van der Waals surface area contributed by atoms with Gasteiger partial charge in [-0.15, -0.1) is 22.7 Å². The van der Waals surface area contributed by atoms with E-state index >= 15 is 0 Å². The lowest BCUT2D eigenvalue weighted by Crippen LogP contribution is -2.06.